The average Bonchev–Trinajstić information content (AvgIpc) is 3.10. The van der Waals surface area contributed by atoms with Crippen LogP contribution >= 0.6 is 27.3 Å². The highest BCUT2D eigenvalue weighted by atomic mass is 79.9. The molecule has 4 rings (SSSR count). The van der Waals surface area contributed by atoms with Crippen LogP contribution in [0.15, 0.2) is 67.6 Å². The van der Waals surface area contributed by atoms with E-state index in [0.717, 1.165) is 10.2 Å². The Morgan fingerprint density at radius 2 is 1.96 bits per heavy atom. The zero-order chi connectivity index (χ0) is 19.0. The van der Waals surface area contributed by atoms with E-state index in [1.54, 1.807) is 23.6 Å². The van der Waals surface area contributed by atoms with Gasteiger partial charge in [0.1, 0.15) is 0 Å². The zero-order valence-electron chi connectivity index (χ0n) is 13.5. The van der Waals surface area contributed by atoms with Gasteiger partial charge in [-0.3, -0.25) is 10.1 Å². The SMILES string of the molecule is O=c1oc2c([N+](=O)[O-])cccc2cc1-c1csc(Nc2ccc(Br)cc2)n1. The second-order valence-electron chi connectivity index (χ2n) is 5.57. The first kappa shape index (κ1) is 17.4. The molecule has 134 valence electrons. The van der Waals surface area contributed by atoms with Crippen molar-refractivity contribution >= 4 is 54.7 Å². The first-order chi connectivity index (χ1) is 13.0. The summed E-state index contributed by atoms with van der Waals surface area (Å²) in [5.41, 5.74) is 0.606. The molecule has 0 saturated carbocycles. The highest BCUT2D eigenvalue weighted by Crippen LogP contribution is 2.30. The average molecular weight is 444 g/mol. The Hall–Kier alpha value is -3.04. The molecule has 7 nitrogen and oxygen atoms in total. The molecule has 0 aliphatic carbocycles. The van der Waals surface area contributed by atoms with Crippen LogP contribution in [0.5, 0.6) is 0 Å². The smallest absolute Gasteiger partial charge is 0.346 e. The number of aromatic nitrogens is 1. The molecule has 2 aromatic carbocycles. The maximum absolute atomic E-state index is 12.4. The van der Waals surface area contributed by atoms with Gasteiger partial charge in [0.05, 0.1) is 16.2 Å². The number of nitrogens with one attached hydrogen (secondary N) is 1. The van der Waals surface area contributed by atoms with Crippen molar-refractivity contribution in [3.8, 4) is 11.3 Å². The van der Waals surface area contributed by atoms with Crippen molar-refractivity contribution in [1.29, 1.82) is 0 Å². The van der Waals surface area contributed by atoms with Crippen LogP contribution in [0.2, 0.25) is 0 Å². The van der Waals surface area contributed by atoms with Gasteiger partial charge in [0.25, 0.3) is 0 Å². The van der Waals surface area contributed by atoms with Crippen molar-refractivity contribution in [3.63, 3.8) is 0 Å². The third-order valence-electron chi connectivity index (χ3n) is 3.81. The van der Waals surface area contributed by atoms with Crippen LogP contribution in [0, 0.1) is 10.1 Å². The number of hydrogen-bond acceptors (Lipinski definition) is 7. The quantitative estimate of drug-likeness (QED) is 0.260. The van der Waals surface area contributed by atoms with Gasteiger partial charge in [0, 0.05) is 27.0 Å². The lowest BCUT2D eigenvalue weighted by Crippen LogP contribution is -2.04. The van der Waals surface area contributed by atoms with Crippen LogP contribution in [-0.4, -0.2) is 9.91 Å². The van der Waals surface area contributed by atoms with E-state index in [4.69, 9.17) is 4.42 Å². The third kappa shape index (κ3) is 3.46. The van der Waals surface area contributed by atoms with Crippen molar-refractivity contribution in [1.82, 2.24) is 4.98 Å². The molecule has 0 saturated heterocycles. The molecule has 0 unspecified atom stereocenters. The van der Waals surface area contributed by atoms with Crippen molar-refractivity contribution in [2.45, 2.75) is 0 Å². The molecule has 0 fully saturated rings. The van der Waals surface area contributed by atoms with Crippen molar-refractivity contribution in [3.05, 3.63) is 78.9 Å². The van der Waals surface area contributed by atoms with Gasteiger partial charge in [-0.2, -0.15) is 0 Å². The monoisotopic (exact) mass is 443 g/mol. The van der Waals surface area contributed by atoms with E-state index < -0.39 is 10.5 Å². The van der Waals surface area contributed by atoms with Gasteiger partial charge in [-0.25, -0.2) is 9.78 Å². The minimum absolute atomic E-state index is 0.0420. The molecular weight excluding hydrogens is 434 g/mol. The van der Waals surface area contributed by atoms with Crippen LogP contribution in [0.4, 0.5) is 16.5 Å². The lowest BCUT2D eigenvalue weighted by atomic mass is 10.1. The molecule has 1 N–H and O–H groups in total. The van der Waals surface area contributed by atoms with Crippen LogP contribution in [0.3, 0.4) is 0 Å². The number of thiazole rings is 1. The number of fused-ring (bicyclic) bond motifs is 1. The topological polar surface area (TPSA) is 98.3 Å². The molecule has 0 bridgehead atoms. The minimum atomic E-state index is -0.669. The molecule has 0 aliphatic rings. The molecule has 2 aromatic heterocycles. The molecular formula is C18H10BrN3O4S. The number of non-ortho nitro benzene ring substituents is 1. The van der Waals surface area contributed by atoms with E-state index in [-0.39, 0.29) is 16.8 Å². The summed E-state index contributed by atoms with van der Waals surface area (Å²) in [5, 5.41) is 17.1. The summed E-state index contributed by atoms with van der Waals surface area (Å²) in [6.45, 7) is 0. The number of hydrogen-bond donors (Lipinski definition) is 1. The molecule has 0 atom stereocenters. The van der Waals surface area contributed by atoms with E-state index >= 15 is 0 Å². The first-order valence-electron chi connectivity index (χ1n) is 7.71. The van der Waals surface area contributed by atoms with Crippen molar-refractivity contribution < 1.29 is 9.34 Å². The highest BCUT2D eigenvalue weighted by molar-refractivity contribution is 9.10. The van der Waals surface area contributed by atoms with Gasteiger partial charge in [-0.05, 0) is 30.3 Å². The number of nitro groups is 1. The van der Waals surface area contributed by atoms with E-state index in [1.807, 2.05) is 24.3 Å². The fourth-order valence-electron chi connectivity index (χ4n) is 2.56. The summed E-state index contributed by atoms with van der Waals surface area (Å²) in [6.07, 6.45) is 0. The van der Waals surface area contributed by atoms with Gasteiger partial charge < -0.3 is 9.73 Å². The summed E-state index contributed by atoms with van der Waals surface area (Å²) in [6, 6.07) is 13.7. The number of nitrogens with zero attached hydrogens (tertiary/aromatic N) is 2. The molecule has 0 amide bonds. The lowest BCUT2D eigenvalue weighted by Gasteiger charge is -2.02. The summed E-state index contributed by atoms with van der Waals surface area (Å²) in [4.78, 5) is 27.3. The normalized spacial score (nSPS) is 10.9. The molecule has 2 heterocycles. The van der Waals surface area contributed by atoms with Gasteiger partial charge >= 0.3 is 11.3 Å². The number of rotatable bonds is 4. The van der Waals surface area contributed by atoms with Crippen molar-refractivity contribution in [2.24, 2.45) is 0 Å². The molecule has 27 heavy (non-hydrogen) atoms. The maximum atomic E-state index is 12.4. The van der Waals surface area contributed by atoms with Crippen LogP contribution in [0.1, 0.15) is 0 Å². The van der Waals surface area contributed by atoms with E-state index in [1.165, 1.54) is 17.4 Å². The number of halogens is 1. The Bertz CT molecular complexity index is 1220. The molecule has 0 aliphatic heterocycles. The van der Waals surface area contributed by atoms with Gasteiger partial charge in [0.2, 0.25) is 5.58 Å². The zero-order valence-corrected chi connectivity index (χ0v) is 15.9. The van der Waals surface area contributed by atoms with Crippen molar-refractivity contribution in [2.75, 3.05) is 5.32 Å². The predicted molar refractivity (Wildman–Crippen MR) is 108 cm³/mol. The van der Waals surface area contributed by atoms with Gasteiger partial charge in [0.15, 0.2) is 5.13 Å². The minimum Gasteiger partial charge on any atom is -0.415 e. The number of para-hydroxylation sites is 1. The molecule has 0 spiro atoms. The Morgan fingerprint density at radius 1 is 1.19 bits per heavy atom. The van der Waals surface area contributed by atoms with E-state index in [2.05, 4.69) is 26.2 Å². The second kappa shape index (κ2) is 6.93. The summed E-state index contributed by atoms with van der Waals surface area (Å²) in [7, 11) is 0. The van der Waals surface area contributed by atoms with E-state index in [0.29, 0.717) is 16.2 Å². The Balaban J connectivity index is 1.71. The van der Waals surface area contributed by atoms with Gasteiger partial charge in [-0.1, -0.05) is 28.1 Å². The fraction of sp³-hybridized carbons (Fsp3) is 0. The second-order valence-corrected chi connectivity index (χ2v) is 7.34. The summed E-state index contributed by atoms with van der Waals surface area (Å²) >= 11 is 4.72. The molecule has 0 radical (unpaired) electrons. The Labute approximate surface area is 164 Å². The maximum Gasteiger partial charge on any atom is 0.346 e. The number of anilines is 2. The Kier molecular flexibility index (Phi) is 4.46. The molecule has 9 heteroatoms. The van der Waals surface area contributed by atoms with Crippen LogP contribution in [0.25, 0.3) is 22.2 Å². The Morgan fingerprint density at radius 3 is 2.70 bits per heavy atom. The lowest BCUT2D eigenvalue weighted by molar-refractivity contribution is -0.383. The first-order valence-corrected chi connectivity index (χ1v) is 9.38. The van der Waals surface area contributed by atoms with Crippen LogP contribution < -0.4 is 10.9 Å². The predicted octanol–water partition coefficient (Wildman–Crippen LogP) is 5.33. The van der Waals surface area contributed by atoms with Gasteiger partial charge in [-0.15, -0.1) is 11.3 Å². The highest BCUT2D eigenvalue weighted by Gasteiger charge is 2.18. The van der Waals surface area contributed by atoms with Crippen LogP contribution in [-0.2, 0) is 0 Å². The van der Waals surface area contributed by atoms with E-state index in [9.17, 15) is 14.9 Å². The number of nitro benzene ring substituents is 1. The third-order valence-corrected chi connectivity index (χ3v) is 5.10. The summed E-state index contributed by atoms with van der Waals surface area (Å²) < 4.78 is 6.19. The number of benzene rings is 2. The largest absolute Gasteiger partial charge is 0.415 e. The molecule has 4 aromatic rings. The fourth-order valence-corrected chi connectivity index (χ4v) is 3.56. The standard InChI is InChI=1S/C18H10BrN3O4S/c19-11-4-6-12(7-5-11)20-18-21-14(9-27-18)13-8-10-2-1-3-15(22(24)25)16(10)26-17(13)23/h1-9H,(H,20,21). The summed E-state index contributed by atoms with van der Waals surface area (Å²) in [5.74, 6) is 0.